The standard InChI is InChI=1S/C15H16N2O2S/c1-2-12-7-8-13(19-12)15(18)17-9-10-3-5-11(6-4-10)14(16)20/h3-8H,2,9H2,1H3,(H2,16,20)(H,17,18). The lowest BCUT2D eigenvalue weighted by atomic mass is 10.1. The number of aryl methyl sites for hydroxylation is 1. The van der Waals surface area contributed by atoms with Crippen molar-refractivity contribution in [3.05, 3.63) is 59.0 Å². The average molecular weight is 288 g/mol. The van der Waals surface area contributed by atoms with Crippen molar-refractivity contribution in [2.75, 3.05) is 0 Å². The zero-order valence-electron chi connectivity index (χ0n) is 11.2. The minimum Gasteiger partial charge on any atom is -0.456 e. The molecule has 2 rings (SSSR count). The van der Waals surface area contributed by atoms with E-state index in [1.807, 2.05) is 37.3 Å². The monoisotopic (exact) mass is 288 g/mol. The summed E-state index contributed by atoms with van der Waals surface area (Å²) in [7, 11) is 0. The van der Waals surface area contributed by atoms with E-state index in [0.717, 1.165) is 23.3 Å². The van der Waals surface area contributed by atoms with Crippen molar-refractivity contribution in [3.8, 4) is 0 Å². The number of benzene rings is 1. The molecule has 0 spiro atoms. The molecule has 0 radical (unpaired) electrons. The SMILES string of the molecule is CCc1ccc(C(=O)NCc2ccc(C(N)=S)cc2)o1. The average Bonchev–Trinajstić information content (AvgIpc) is 2.94. The van der Waals surface area contributed by atoms with Crippen LogP contribution < -0.4 is 11.1 Å². The van der Waals surface area contributed by atoms with Crippen LogP contribution in [0.4, 0.5) is 0 Å². The Morgan fingerprint density at radius 3 is 2.50 bits per heavy atom. The minimum absolute atomic E-state index is 0.219. The molecule has 1 heterocycles. The molecule has 5 heteroatoms. The summed E-state index contributed by atoms with van der Waals surface area (Å²) in [4.78, 5) is 12.2. The van der Waals surface area contributed by atoms with E-state index in [-0.39, 0.29) is 5.91 Å². The number of furan rings is 1. The van der Waals surface area contributed by atoms with Crippen LogP contribution in [0.2, 0.25) is 0 Å². The molecule has 1 aromatic carbocycles. The molecule has 0 unspecified atom stereocenters. The van der Waals surface area contributed by atoms with Crippen LogP contribution in [0.25, 0.3) is 0 Å². The van der Waals surface area contributed by atoms with Crippen LogP contribution in [0, 0.1) is 0 Å². The van der Waals surface area contributed by atoms with Crippen LogP contribution in [0.5, 0.6) is 0 Å². The first-order valence-corrected chi connectivity index (χ1v) is 6.76. The molecular formula is C15H16N2O2S. The minimum atomic E-state index is -0.219. The van der Waals surface area contributed by atoms with Gasteiger partial charge in [-0.15, -0.1) is 0 Å². The largest absolute Gasteiger partial charge is 0.456 e. The van der Waals surface area contributed by atoms with Gasteiger partial charge in [-0.1, -0.05) is 43.4 Å². The number of carbonyl (C=O) groups excluding carboxylic acids is 1. The molecule has 2 aromatic rings. The van der Waals surface area contributed by atoms with Crippen LogP contribution in [-0.4, -0.2) is 10.9 Å². The number of thiocarbonyl (C=S) groups is 1. The van der Waals surface area contributed by atoms with Crippen LogP contribution in [0.1, 0.15) is 34.4 Å². The Balaban J connectivity index is 1.94. The zero-order chi connectivity index (χ0) is 14.5. The third-order valence-electron chi connectivity index (χ3n) is 2.93. The Labute approximate surface area is 123 Å². The Kier molecular flexibility index (Phi) is 4.53. The van der Waals surface area contributed by atoms with Gasteiger partial charge in [0.25, 0.3) is 5.91 Å². The summed E-state index contributed by atoms with van der Waals surface area (Å²) >= 11 is 4.88. The number of rotatable bonds is 5. The van der Waals surface area contributed by atoms with Gasteiger partial charge in [-0.2, -0.15) is 0 Å². The quantitative estimate of drug-likeness (QED) is 0.829. The van der Waals surface area contributed by atoms with Crippen LogP contribution >= 0.6 is 12.2 Å². The molecule has 0 aliphatic heterocycles. The molecule has 1 aromatic heterocycles. The molecule has 0 saturated carbocycles. The second-order valence-electron chi connectivity index (χ2n) is 4.36. The number of amides is 1. The van der Waals surface area contributed by atoms with Crippen LogP contribution in [0.3, 0.4) is 0 Å². The number of hydrogen-bond donors (Lipinski definition) is 2. The highest BCUT2D eigenvalue weighted by Crippen LogP contribution is 2.09. The molecule has 0 aliphatic carbocycles. The van der Waals surface area contributed by atoms with Gasteiger partial charge in [-0.25, -0.2) is 0 Å². The lowest BCUT2D eigenvalue weighted by molar-refractivity contribution is 0.0921. The zero-order valence-corrected chi connectivity index (χ0v) is 12.0. The molecule has 0 aliphatic rings. The van der Waals surface area contributed by atoms with Crippen molar-refractivity contribution in [2.45, 2.75) is 19.9 Å². The third-order valence-corrected chi connectivity index (χ3v) is 3.16. The van der Waals surface area contributed by atoms with Gasteiger partial charge in [-0.05, 0) is 17.7 Å². The maximum Gasteiger partial charge on any atom is 0.287 e. The van der Waals surface area contributed by atoms with E-state index in [2.05, 4.69) is 5.32 Å². The summed E-state index contributed by atoms with van der Waals surface area (Å²) in [5.41, 5.74) is 7.31. The van der Waals surface area contributed by atoms with Crippen molar-refractivity contribution in [2.24, 2.45) is 5.73 Å². The van der Waals surface area contributed by atoms with Gasteiger partial charge >= 0.3 is 0 Å². The van der Waals surface area contributed by atoms with Crippen LogP contribution in [-0.2, 0) is 13.0 Å². The fraction of sp³-hybridized carbons (Fsp3) is 0.200. The highest BCUT2D eigenvalue weighted by molar-refractivity contribution is 7.80. The molecule has 0 saturated heterocycles. The number of carbonyl (C=O) groups is 1. The Morgan fingerprint density at radius 1 is 1.25 bits per heavy atom. The molecule has 1 amide bonds. The fourth-order valence-corrected chi connectivity index (χ4v) is 1.88. The summed E-state index contributed by atoms with van der Waals surface area (Å²) in [6, 6.07) is 10.9. The number of nitrogens with two attached hydrogens (primary N) is 1. The van der Waals surface area contributed by atoms with E-state index in [4.69, 9.17) is 22.4 Å². The normalized spacial score (nSPS) is 10.2. The highest BCUT2D eigenvalue weighted by Gasteiger charge is 2.10. The Hall–Kier alpha value is -2.14. The maximum atomic E-state index is 11.9. The number of nitrogens with one attached hydrogen (secondary N) is 1. The number of hydrogen-bond acceptors (Lipinski definition) is 3. The van der Waals surface area contributed by atoms with Gasteiger partial charge in [-0.3, -0.25) is 4.79 Å². The lowest BCUT2D eigenvalue weighted by Crippen LogP contribution is -2.22. The molecule has 20 heavy (non-hydrogen) atoms. The van der Waals surface area contributed by atoms with E-state index < -0.39 is 0 Å². The summed E-state index contributed by atoms with van der Waals surface area (Å²) < 4.78 is 5.39. The molecule has 104 valence electrons. The first-order valence-electron chi connectivity index (χ1n) is 6.35. The molecule has 0 atom stereocenters. The second-order valence-corrected chi connectivity index (χ2v) is 4.80. The summed E-state index contributed by atoms with van der Waals surface area (Å²) in [5, 5.41) is 2.80. The molecule has 0 fully saturated rings. The van der Waals surface area contributed by atoms with E-state index in [9.17, 15) is 4.79 Å². The van der Waals surface area contributed by atoms with Crippen molar-refractivity contribution in [1.82, 2.24) is 5.32 Å². The van der Waals surface area contributed by atoms with Crippen LogP contribution in [0.15, 0.2) is 40.8 Å². The summed E-state index contributed by atoms with van der Waals surface area (Å²) in [6.07, 6.45) is 0.772. The van der Waals surface area contributed by atoms with Gasteiger partial charge < -0.3 is 15.5 Å². The van der Waals surface area contributed by atoms with E-state index >= 15 is 0 Å². The van der Waals surface area contributed by atoms with Crippen molar-refractivity contribution >= 4 is 23.1 Å². The van der Waals surface area contributed by atoms with Gasteiger partial charge in [0.15, 0.2) is 5.76 Å². The first-order chi connectivity index (χ1) is 9.60. The van der Waals surface area contributed by atoms with Gasteiger partial charge in [0.2, 0.25) is 0 Å². The van der Waals surface area contributed by atoms with Crippen molar-refractivity contribution < 1.29 is 9.21 Å². The smallest absolute Gasteiger partial charge is 0.287 e. The first kappa shape index (κ1) is 14.3. The van der Waals surface area contributed by atoms with Crippen molar-refractivity contribution in [1.29, 1.82) is 0 Å². The lowest BCUT2D eigenvalue weighted by Gasteiger charge is -2.04. The summed E-state index contributed by atoms with van der Waals surface area (Å²) in [5.74, 6) is 0.917. The fourth-order valence-electron chi connectivity index (χ4n) is 1.75. The Bertz CT molecular complexity index is 617. The highest BCUT2D eigenvalue weighted by atomic mass is 32.1. The third kappa shape index (κ3) is 3.45. The van der Waals surface area contributed by atoms with Gasteiger partial charge in [0.1, 0.15) is 10.7 Å². The topological polar surface area (TPSA) is 68.3 Å². The van der Waals surface area contributed by atoms with E-state index in [1.165, 1.54) is 0 Å². The van der Waals surface area contributed by atoms with E-state index in [0.29, 0.717) is 17.3 Å². The van der Waals surface area contributed by atoms with Gasteiger partial charge in [0.05, 0.1) is 0 Å². The predicted molar refractivity (Wildman–Crippen MR) is 81.6 cm³/mol. The van der Waals surface area contributed by atoms with Gasteiger partial charge in [0, 0.05) is 18.5 Å². The van der Waals surface area contributed by atoms with Crippen molar-refractivity contribution in [3.63, 3.8) is 0 Å². The Morgan fingerprint density at radius 2 is 1.95 bits per heavy atom. The molecule has 3 N–H and O–H groups in total. The molecule has 4 nitrogen and oxygen atoms in total. The predicted octanol–water partition coefficient (Wildman–Crippen LogP) is 2.41. The molecular weight excluding hydrogens is 272 g/mol. The summed E-state index contributed by atoms with van der Waals surface area (Å²) in [6.45, 7) is 2.41. The van der Waals surface area contributed by atoms with E-state index in [1.54, 1.807) is 6.07 Å². The molecule has 0 bridgehead atoms. The maximum absolute atomic E-state index is 11.9. The second kappa shape index (κ2) is 6.34.